The number of fused-ring (bicyclic) bond motifs is 4. The molecule has 3 aromatic rings. The predicted octanol–water partition coefficient (Wildman–Crippen LogP) is 2.81. The Balaban J connectivity index is 1.05. The van der Waals surface area contributed by atoms with Gasteiger partial charge in [-0.2, -0.15) is 5.10 Å². The van der Waals surface area contributed by atoms with E-state index in [4.69, 9.17) is 0 Å². The van der Waals surface area contributed by atoms with E-state index in [1.54, 1.807) is 4.90 Å². The number of nitrogens with zero attached hydrogens (tertiary/aromatic N) is 4. The van der Waals surface area contributed by atoms with Crippen LogP contribution in [0.1, 0.15) is 52.7 Å². The maximum absolute atomic E-state index is 13.2. The van der Waals surface area contributed by atoms with Crippen LogP contribution in [-0.4, -0.2) is 63.0 Å². The standard InChI is InChI=1S/C30H32N6O3/c1-34-16-21(14-32-34)20-4-2-3-19(13-20)15-35-11-9-30(10-12-35)18-31-27-23-17-36(25-7-8-26(37)33-28(25)38)29(39)22(23)5-6-24(27)30/h2-6,13-14,16,25,31H,7-12,15,17-18H2,1H3,(H,33,37,38)/t25-/m0/s1. The molecule has 1 atom stereocenters. The first-order valence-electron chi connectivity index (χ1n) is 13.8. The first kappa shape index (κ1) is 24.1. The number of imide groups is 1. The Bertz CT molecular complexity index is 1500. The van der Waals surface area contributed by atoms with Crippen molar-refractivity contribution >= 4 is 23.4 Å². The number of carbonyl (C=O) groups excluding carboxylic acids is 3. The van der Waals surface area contributed by atoms with Gasteiger partial charge in [0.15, 0.2) is 0 Å². The van der Waals surface area contributed by atoms with E-state index < -0.39 is 6.04 Å². The minimum Gasteiger partial charge on any atom is -0.384 e. The lowest BCUT2D eigenvalue weighted by Gasteiger charge is -2.39. The molecule has 0 radical (unpaired) electrons. The highest BCUT2D eigenvalue weighted by Crippen LogP contribution is 2.48. The molecule has 2 fully saturated rings. The van der Waals surface area contributed by atoms with E-state index >= 15 is 0 Å². The van der Waals surface area contributed by atoms with E-state index in [0.717, 1.165) is 55.8 Å². The van der Waals surface area contributed by atoms with Crippen molar-refractivity contribution in [1.29, 1.82) is 0 Å². The van der Waals surface area contributed by atoms with Crippen LogP contribution in [0.5, 0.6) is 0 Å². The largest absolute Gasteiger partial charge is 0.384 e. The summed E-state index contributed by atoms with van der Waals surface area (Å²) < 4.78 is 1.83. The number of aromatic nitrogens is 2. The van der Waals surface area contributed by atoms with Crippen LogP contribution < -0.4 is 10.6 Å². The fourth-order valence-electron chi connectivity index (χ4n) is 6.90. The maximum Gasteiger partial charge on any atom is 0.255 e. The second-order valence-electron chi connectivity index (χ2n) is 11.4. The van der Waals surface area contributed by atoms with Gasteiger partial charge in [-0.15, -0.1) is 0 Å². The fourth-order valence-corrected chi connectivity index (χ4v) is 6.90. The number of likely N-dealkylation sites (tertiary alicyclic amines) is 1. The smallest absolute Gasteiger partial charge is 0.255 e. The maximum atomic E-state index is 13.2. The van der Waals surface area contributed by atoms with Gasteiger partial charge in [-0.05, 0) is 61.2 Å². The molecule has 4 aliphatic rings. The highest BCUT2D eigenvalue weighted by Gasteiger charge is 2.46. The zero-order valence-corrected chi connectivity index (χ0v) is 22.1. The molecule has 1 spiro atoms. The van der Waals surface area contributed by atoms with Crippen molar-refractivity contribution in [1.82, 2.24) is 24.9 Å². The Kier molecular flexibility index (Phi) is 5.59. The van der Waals surface area contributed by atoms with Gasteiger partial charge in [0, 0.05) is 67.1 Å². The van der Waals surface area contributed by atoms with Crippen LogP contribution in [0.3, 0.4) is 0 Å². The lowest BCUT2D eigenvalue weighted by atomic mass is 9.73. The van der Waals surface area contributed by atoms with Gasteiger partial charge in [0.05, 0.1) is 6.20 Å². The predicted molar refractivity (Wildman–Crippen MR) is 146 cm³/mol. The Morgan fingerprint density at radius 2 is 1.92 bits per heavy atom. The SMILES string of the molecule is Cn1cc(-c2cccc(CN3CCC4(CC3)CNc3c4ccc4c3CN([C@H]3CCC(=O)NC3=O)C4=O)c2)cn1. The number of benzene rings is 2. The molecule has 7 rings (SSSR count). The molecule has 2 aromatic carbocycles. The van der Waals surface area contributed by atoms with E-state index in [9.17, 15) is 14.4 Å². The minimum absolute atomic E-state index is 0.0590. The zero-order valence-electron chi connectivity index (χ0n) is 22.1. The van der Waals surface area contributed by atoms with E-state index in [-0.39, 0.29) is 29.6 Å². The van der Waals surface area contributed by atoms with Crippen LogP contribution in [0, 0.1) is 0 Å². The van der Waals surface area contributed by atoms with Gasteiger partial charge in [-0.1, -0.05) is 24.3 Å². The van der Waals surface area contributed by atoms with Crippen LogP contribution in [-0.2, 0) is 35.1 Å². The van der Waals surface area contributed by atoms with Gasteiger partial charge in [-0.3, -0.25) is 29.3 Å². The molecule has 200 valence electrons. The molecule has 1 aromatic heterocycles. The molecule has 2 N–H and O–H groups in total. The summed E-state index contributed by atoms with van der Waals surface area (Å²) in [6, 6.07) is 12.2. The molecule has 4 aliphatic heterocycles. The first-order valence-corrected chi connectivity index (χ1v) is 13.8. The molecule has 9 heteroatoms. The summed E-state index contributed by atoms with van der Waals surface area (Å²) in [5.74, 6) is -0.752. The third-order valence-electron chi connectivity index (χ3n) is 9.08. The Morgan fingerprint density at radius 1 is 1.08 bits per heavy atom. The lowest BCUT2D eigenvalue weighted by molar-refractivity contribution is -0.136. The minimum atomic E-state index is -0.589. The van der Waals surface area contributed by atoms with Crippen LogP contribution in [0.15, 0.2) is 48.8 Å². The second-order valence-corrected chi connectivity index (χ2v) is 11.4. The van der Waals surface area contributed by atoms with Crippen molar-refractivity contribution in [3.63, 3.8) is 0 Å². The van der Waals surface area contributed by atoms with Crippen LogP contribution in [0.25, 0.3) is 11.1 Å². The van der Waals surface area contributed by atoms with Crippen LogP contribution in [0.4, 0.5) is 5.69 Å². The molecule has 0 aliphatic carbocycles. The van der Waals surface area contributed by atoms with Gasteiger partial charge >= 0.3 is 0 Å². The molecule has 39 heavy (non-hydrogen) atoms. The first-order chi connectivity index (χ1) is 18.9. The summed E-state index contributed by atoms with van der Waals surface area (Å²) >= 11 is 0. The summed E-state index contributed by atoms with van der Waals surface area (Å²) in [6.07, 6.45) is 6.70. The van der Waals surface area contributed by atoms with Crippen molar-refractivity contribution in [2.45, 2.75) is 50.2 Å². The summed E-state index contributed by atoms with van der Waals surface area (Å²) in [7, 11) is 1.94. The number of nitrogens with one attached hydrogen (secondary N) is 2. The Hall–Kier alpha value is -3.98. The van der Waals surface area contributed by atoms with Crippen molar-refractivity contribution in [3.8, 4) is 11.1 Å². The van der Waals surface area contributed by atoms with Gasteiger partial charge in [0.1, 0.15) is 6.04 Å². The van der Waals surface area contributed by atoms with Crippen molar-refractivity contribution in [2.24, 2.45) is 7.05 Å². The quantitative estimate of drug-likeness (QED) is 0.510. The Morgan fingerprint density at radius 3 is 2.69 bits per heavy atom. The number of aryl methyl sites for hydroxylation is 1. The van der Waals surface area contributed by atoms with Crippen LogP contribution in [0.2, 0.25) is 0 Å². The second kappa shape index (κ2) is 9.05. The van der Waals surface area contributed by atoms with E-state index in [2.05, 4.69) is 51.0 Å². The van der Waals surface area contributed by atoms with Gasteiger partial charge < -0.3 is 10.2 Å². The normalized spacial score (nSPS) is 22.1. The van der Waals surface area contributed by atoms with Gasteiger partial charge in [-0.25, -0.2) is 0 Å². The number of hydrogen-bond acceptors (Lipinski definition) is 6. The number of rotatable bonds is 4. The monoisotopic (exact) mass is 524 g/mol. The average Bonchev–Trinajstić information content (AvgIpc) is 3.62. The van der Waals surface area contributed by atoms with E-state index in [1.807, 2.05) is 30.2 Å². The molecule has 0 saturated carbocycles. The molecule has 0 unspecified atom stereocenters. The van der Waals surface area contributed by atoms with Crippen molar-refractivity contribution in [3.05, 3.63) is 71.0 Å². The van der Waals surface area contributed by atoms with Crippen molar-refractivity contribution < 1.29 is 14.4 Å². The average molecular weight is 525 g/mol. The Labute approximate surface area is 227 Å². The number of amides is 3. The molecule has 3 amide bonds. The summed E-state index contributed by atoms with van der Waals surface area (Å²) in [6.45, 7) is 4.22. The third kappa shape index (κ3) is 4.03. The third-order valence-corrected chi connectivity index (χ3v) is 9.08. The number of hydrogen-bond donors (Lipinski definition) is 2. The van der Waals surface area contributed by atoms with E-state index in [0.29, 0.717) is 18.5 Å². The molecule has 5 heterocycles. The highest BCUT2D eigenvalue weighted by atomic mass is 16.2. The summed E-state index contributed by atoms with van der Waals surface area (Å²) in [5, 5.41) is 10.4. The summed E-state index contributed by atoms with van der Waals surface area (Å²) in [4.78, 5) is 41.5. The number of piperidine rings is 2. The zero-order chi connectivity index (χ0) is 26.7. The topological polar surface area (TPSA) is 99.6 Å². The molecule has 0 bridgehead atoms. The van der Waals surface area contributed by atoms with Gasteiger partial charge in [0.2, 0.25) is 11.8 Å². The number of carbonyl (C=O) groups is 3. The van der Waals surface area contributed by atoms with E-state index in [1.165, 1.54) is 16.7 Å². The molecular weight excluding hydrogens is 492 g/mol. The van der Waals surface area contributed by atoms with Crippen molar-refractivity contribution in [2.75, 3.05) is 25.0 Å². The lowest BCUT2D eigenvalue weighted by Crippen LogP contribution is -2.52. The van der Waals surface area contributed by atoms with Crippen LogP contribution >= 0.6 is 0 Å². The highest BCUT2D eigenvalue weighted by molar-refractivity contribution is 6.06. The fraction of sp³-hybridized carbons (Fsp3) is 0.400. The summed E-state index contributed by atoms with van der Waals surface area (Å²) in [5.41, 5.74) is 7.74. The molecule has 9 nitrogen and oxygen atoms in total. The van der Waals surface area contributed by atoms with Gasteiger partial charge in [0.25, 0.3) is 5.91 Å². The number of anilines is 1. The molecule has 2 saturated heterocycles. The molecular formula is C30H32N6O3.